The minimum Gasteiger partial charge on any atom is -0.478 e. The van der Waals surface area contributed by atoms with Crippen LogP contribution in [0.4, 0.5) is 18.9 Å². The van der Waals surface area contributed by atoms with Crippen molar-refractivity contribution in [2.24, 2.45) is 5.10 Å². The molecule has 1 rings (SSSR count). The molecule has 0 aliphatic carbocycles. The van der Waals surface area contributed by atoms with Crippen LogP contribution in [-0.2, 0) is 6.18 Å². The van der Waals surface area contributed by atoms with Crippen molar-refractivity contribution in [2.45, 2.75) is 6.18 Å². The van der Waals surface area contributed by atoms with E-state index >= 15 is 0 Å². The van der Waals surface area contributed by atoms with Crippen molar-refractivity contribution in [3.63, 3.8) is 0 Å². The number of alkyl halides is 3. The van der Waals surface area contributed by atoms with Crippen LogP contribution in [0.5, 0.6) is 0 Å². The normalized spacial score (nSPS) is 10.1. The summed E-state index contributed by atoms with van der Waals surface area (Å²) in [5.74, 6) is -1.81. The van der Waals surface area contributed by atoms with Crippen LogP contribution in [0.3, 0.4) is 0 Å². The summed E-state index contributed by atoms with van der Waals surface area (Å²) in [6.45, 7) is 0. The minimum absolute atomic E-state index is 0.477. The Morgan fingerprint density at radius 1 is 1.30 bits per heavy atom. The second-order valence-electron chi connectivity index (χ2n) is 3.33. The van der Waals surface area contributed by atoms with Gasteiger partial charge in [-0.05, 0) is 12.1 Å². The van der Waals surface area contributed by atoms with E-state index < -0.39 is 34.7 Å². The van der Waals surface area contributed by atoms with Gasteiger partial charge in [0, 0.05) is 0 Å². The lowest BCUT2D eigenvalue weighted by Gasteiger charge is -2.13. The van der Waals surface area contributed by atoms with Gasteiger partial charge in [-0.25, -0.2) is 4.79 Å². The second kappa shape index (κ2) is 5.71. The molecule has 20 heavy (non-hydrogen) atoms. The van der Waals surface area contributed by atoms with Gasteiger partial charge in [0.1, 0.15) is 12.1 Å². The smallest absolute Gasteiger partial charge is 0.417 e. The summed E-state index contributed by atoms with van der Waals surface area (Å²) in [6.07, 6.45) is -4.86. The van der Waals surface area contributed by atoms with Crippen LogP contribution in [0.25, 0.3) is 0 Å². The Morgan fingerprint density at radius 2 is 1.90 bits per heavy atom. The Balaban J connectivity index is 3.36. The highest BCUT2D eigenvalue weighted by Crippen LogP contribution is 2.35. The minimum atomic E-state index is -4.86. The Hall–Kier alpha value is -3.07. The van der Waals surface area contributed by atoms with Crippen LogP contribution < -0.4 is 5.43 Å². The van der Waals surface area contributed by atoms with Gasteiger partial charge in [0.15, 0.2) is 0 Å². The van der Waals surface area contributed by atoms with Gasteiger partial charge >= 0.3 is 12.1 Å². The van der Waals surface area contributed by atoms with Crippen LogP contribution in [-0.4, -0.2) is 16.8 Å². The van der Waals surface area contributed by atoms with Crippen molar-refractivity contribution in [1.29, 1.82) is 10.5 Å². The number of carboxylic acids is 1. The number of nitrogens with zero attached hydrogens (tertiary/aromatic N) is 3. The standard InChI is InChI=1S/C11H5F3N4O2/c12-11(13,14)7-2-1-3-8(9(7)10(19)20)18-17-6(4-15)5-16/h1-3,18H,(H,19,20). The lowest BCUT2D eigenvalue weighted by atomic mass is 10.1. The third-order valence-electron chi connectivity index (χ3n) is 2.08. The summed E-state index contributed by atoms with van der Waals surface area (Å²) in [6, 6.07) is 5.36. The van der Waals surface area contributed by atoms with Crippen LogP contribution >= 0.6 is 0 Å². The second-order valence-corrected chi connectivity index (χ2v) is 3.33. The number of nitrogens with one attached hydrogen (secondary N) is 1. The first kappa shape index (κ1) is 15.0. The molecule has 0 bridgehead atoms. The number of carbonyl (C=O) groups is 1. The SMILES string of the molecule is N#CC(C#N)=NNc1cccc(C(F)(F)F)c1C(=O)O. The Bertz CT molecular complexity index is 637. The first-order chi connectivity index (χ1) is 9.31. The molecule has 0 atom stereocenters. The van der Waals surface area contributed by atoms with Crippen LogP contribution in [0.15, 0.2) is 23.3 Å². The number of hydrogen-bond acceptors (Lipinski definition) is 5. The van der Waals surface area contributed by atoms with E-state index in [1.54, 1.807) is 0 Å². The van der Waals surface area contributed by atoms with Crippen LogP contribution in [0.2, 0.25) is 0 Å². The molecule has 0 fully saturated rings. The van der Waals surface area contributed by atoms with E-state index in [0.717, 1.165) is 12.1 Å². The van der Waals surface area contributed by atoms with E-state index in [2.05, 4.69) is 5.10 Å². The zero-order valence-electron chi connectivity index (χ0n) is 9.56. The van der Waals surface area contributed by atoms with Crippen molar-refractivity contribution in [3.8, 4) is 12.1 Å². The number of halogens is 3. The number of aromatic carboxylic acids is 1. The maximum Gasteiger partial charge on any atom is 0.417 e. The predicted molar refractivity (Wildman–Crippen MR) is 60.7 cm³/mol. The molecule has 0 heterocycles. The molecular weight excluding hydrogens is 277 g/mol. The quantitative estimate of drug-likeness (QED) is 0.652. The Morgan fingerprint density at radius 3 is 2.35 bits per heavy atom. The molecule has 0 aliphatic heterocycles. The molecule has 0 saturated heterocycles. The molecule has 0 radical (unpaired) electrons. The molecule has 0 saturated carbocycles. The van der Waals surface area contributed by atoms with E-state index in [-0.39, 0.29) is 0 Å². The van der Waals surface area contributed by atoms with Crippen molar-refractivity contribution in [2.75, 3.05) is 5.43 Å². The number of anilines is 1. The van der Waals surface area contributed by atoms with Gasteiger partial charge in [0.05, 0.1) is 16.8 Å². The van der Waals surface area contributed by atoms with Crippen LogP contribution in [0, 0.1) is 22.7 Å². The Labute approximate surface area is 110 Å². The van der Waals surface area contributed by atoms with E-state index in [4.69, 9.17) is 15.6 Å². The number of rotatable bonds is 3. The van der Waals surface area contributed by atoms with Gasteiger partial charge in [-0.15, -0.1) is 0 Å². The molecule has 0 amide bonds. The van der Waals surface area contributed by atoms with Gasteiger partial charge < -0.3 is 5.11 Å². The topological polar surface area (TPSA) is 109 Å². The third kappa shape index (κ3) is 3.23. The van der Waals surface area contributed by atoms with Gasteiger partial charge in [-0.3, -0.25) is 5.43 Å². The number of hydrazone groups is 1. The zero-order valence-corrected chi connectivity index (χ0v) is 9.56. The maximum absolute atomic E-state index is 12.7. The van der Waals surface area contributed by atoms with Crippen molar-refractivity contribution < 1.29 is 23.1 Å². The molecule has 0 aromatic heterocycles. The number of carboxylic acid groups (broad SMARTS) is 1. The highest BCUT2D eigenvalue weighted by atomic mass is 19.4. The summed E-state index contributed by atoms with van der Waals surface area (Å²) < 4.78 is 38.1. The maximum atomic E-state index is 12.7. The first-order valence-electron chi connectivity index (χ1n) is 4.88. The van der Waals surface area contributed by atoms with E-state index in [9.17, 15) is 18.0 Å². The average Bonchev–Trinajstić information content (AvgIpc) is 2.38. The molecule has 9 heteroatoms. The highest BCUT2D eigenvalue weighted by molar-refractivity contribution is 6.10. The monoisotopic (exact) mass is 282 g/mol. The van der Waals surface area contributed by atoms with E-state index in [1.807, 2.05) is 5.43 Å². The molecule has 6 nitrogen and oxygen atoms in total. The zero-order chi connectivity index (χ0) is 15.3. The van der Waals surface area contributed by atoms with E-state index in [0.29, 0.717) is 6.07 Å². The summed E-state index contributed by atoms with van der Waals surface area (Å²) >= 11 is 0. The molecule has 1 aromatic carbocycles. The fourth-order valence-corrected chi connectivity index (χ4v) is 1.30. The van der Waals surface area contributed by atoms with Gasteiger partial charge in [-0.2, -0.15) is 28.8 Å². The van der Waals surface area contributed by atoms with Gasteiger partial charge in [0.25, 0.3) is 0 Å². The van der Waals surface area contributed by atoms with E-state index in [1.165, 1.54) is 12.1 Å². The largest absolute Gasteiger partial charge is 0.478 e. The average molecular weight is 282 g/mol. The first-order valence-corrected chi connectivity index (χ1v) is 4.88. The number of hydrogen-bond donors (Lipinski definition) is 2. The highest BCUT2D eigenvalue weighted by Gasteiger charge is 2.36. The van der Waals surface area contributed by atoms with Gasteiger partial charge in [0.2, 0.25) is 5.71 Å². The predicted octanol–water partition coefficient (Wildman–Crippen LogP) is 2.22. The molecule has 2 N–H and O–H groups in total. The third-order valence-corrected chi connectivity index (χ3v) is 2.08. The Kier molecular flexibility index (Phi) is 4.28. The number of nitriles is 2. The summed E-state index contributed by atoms with van der Waals surface area (Å²) in [5.41, 5.74) is -1.56. The van der Waals surface area contributed by atoms with Crippen molar-refractivity contribution >= 4 is 17.4 Å². The van der Waals surface area contributed by atoms with Crippen molar-refractivity contribution in [1.82, 2.24) is 0 Å². The number of benzene rings is 1. The fraction of sp³-hybridized carbons (Fsp3) is 0.0909. The molecule has 0 spiro atoms. The molecule has 1 aromatic rings. The summed E-state index contributed by atoms with van der Waals surface area (Å²) in [7, 11) is 0. The molecule has 102 valence electrons. The molecule has 0 aliphatic rings. The molecule has 0 unspecified atom stereocenters. The van der Waals surface area contributed by atoms with Crippen molar-refractivity contribution in [3.05, 3.63) is 29.3 Å². The summed E-state index contributed by atoms with van der Waals surface area (Å²) in [4.78, 5) is 11.0. The molecular formula is C11H5F3N4O2. The lowest BCUT2D eigenvalue weighted by molar-refractivity contribution is -0.138. The fourth-order valence-electron chi connectivity index (χ4n) is 1.30. The van der Waals surface area contributed by atoms with Gasteiger partial charge in [-0.1, -0.05) is 6.07 Å². The van der Waals surface area contributed by atoms with Crippen LogP contribution in [0.1, 0.15) is 15.9 Å². The lowest BCUT2D eigenvalue weighted by Crippen LogP contribution is -2.15. The summed E-state index contributed by atoms with van der Waals surface area (Å²) in [5, 5.41) is 28.9.